The Balaban J connectivity index is 2.07. The third-order valence-corrected chi connectivity index (χ3v) is 5.62. The summed E-state index contributed by atoms with van der Waals surface area (Å²) in [5, 5.41) is 0. The van der Waals surface area contributed by atoms with E-state index in [-0.39, 0.29) is 17.3 Å². The lowest BCUT2D eigenvalue weighted by molar-refractivity contribution is -0.145. The summed E-state index contributed by atoms with van der Waals surface area (Å²) in [7, 11) is 0. The molecule has 2 saturated carbocycles. The molecule has 4 atom stereocenters. The molecular weight excluding hydrogens is 188 g/mol. The number of rotatable bonds is 1. The van der Waals surface area contributed by atoms with Crippen LogP contribution in [-0.2, 0) is 9.53 Å². The van der Waals surface area contributed by atoms with E-state index in [0.29, 0.717) is 23.9 Å². The standard InChI is InChI=1S/C13H20O2/c1-8(2)13-5-4-12(3,7-13)9-6-15-11(14)10(9)13/h8-10H,4-7H2,1-3H3. The number of fused-ring (bicyclic) bond motifs is 5. The van der Waals surface area contributed by atoms with E-state index in [1.165, 1.54) is 19.3 Å². The summed E-state index contributed by atoms with van der Waals surface area (Å²) in [5.74, 6) is 1.44. The number of carbonyl (C=O) groups is 1. The summed E-state index contributed by atoms with van der Waals surface area (Å²) < 4.78 is 5.30. The SMILES string of the molecule is CC(C)C12CCC(C)(C1)C1COC(=O)C12. The van der Waals surface area contributed by atoms with Crippen LogP contribution in [0, 0.1) is 28.6 Å². The number of ether oxygens (including phenoxy) is 1. The van der Waals surface area contributed by atoms with Gasteiger partial charge in [0.1, 0.15) is 0 Å². The van der Waals surface area contributed by atoms with Crippen LogP contribution < -0.4 is 0 Å². The summed E-state index contributed by atoms with van der Waals surface area (Å²) in [5.41, 5.74) is 0.661. The third-order valence-electron chi connectivity index (χ3n) is 5.62. The highest BCUT2D eigenvalue weighted by Crippen LogP contribution is 2.71. The second kappa shape index (κ2) is 2.58. The second-order valence-electron chi connectivity index (χ2n) is 6.43. The maximum atomic E-state index is 11.9. The zero-order valence-electron chi connectivity index (χ0n) is 9.88. The molecule has 0 amide bonds. The molecule has 0 aromatic heterocycles. The van der Waals surface area contributed by atoms with E-state index >= 15 is 0 Å². The van der Waals surface area contributed by atoms with Crippen LogP contribution in [0.3, 0.4) is 0 Å². The molecule has 3 fully saturated rings. The first-order valence-electron chi connectivity index (χ1n) is 6.16. The van der Waals surface area contributed by atoms with Gasteiger partial charge in [-0.1, -0.05) is 20.8 Å². The number of cyclic esters (lactones) is 1. The Hall–Kier alpha value is -0.530. The molecule has 2 nitrogen and oxygen atoms in total. The van der Waals surface area contributed by atoms with Crippen molar-refractivity contribution in [2.24, 2.45) is 28.6 Å². The molecule has 15 heavy (non-hydrogen) atoms. The van der Waals surface area contributed by atoms with Crippen LogP contribution in [0.15, 0.2) is 0 Å². The van der Waals surface area contributed by atoms with Crippen LogP contribution >= 0.6 is 0 Å². The van der Waals surface area contributed by atoms with Crippen LogP contribution in [0.1, 0.15) is 40.0 Å². The van der Waals surface area contributed by atoms with Gasteiger partial charge in [-0.3, -0.25) is 4.79 Å². The van der Waals surface area contributed by atoms with E-state index in [0.717, 1.165) is 0 Å². The molecule has 1 saturated heterocycles. The fraction of sp³-hybridized carbons (Fsp3) is 0.923. The maximum absolute atomic E-state index is 11.9. The van der Waals surface area contributed by atoms with Crippen LogP contribution in [0.4, 0.5) is 0 Å². The van der Waals surface area contributed by atoms with Gasteiger partial charge >= 0.3 is 5.97 Å². The van der Waals surface area contributed by atoms with Crippen molar-refractivity contribution in [1.29, 1.82) is 0 Å². The quantitative estimate of drug-likeness (QED) is 0.619. The lowest BCUT2D eigenvalue weighted by Crippen LogP contribution is -2.37. The molecule has 84 valence electrons. The van der Waals surface area contributed by atoms with E-state index in [4.69, 9.17) is 4.74 Å². The van der Waals surface area contributed by atoms with Crippen molar-refractivity contribution < 1.29 is 9.53 Å². The molecule has 0 aromatic rings. The van der Waals surface area contributed by atoms with Gasteiger partial charge in [-0.2, -0.15) is 0 Å². The number of carbonyl (C=O) groups excluding carboxylic acids is 1. The van der Waals surface area contributed by atoms with Crippen LogP contribution in [-0.4, -0.2) is 12.6 Å². The lowest BCUT2D eigenvalue weighted by Gasteiger charge is -2.37. The van der Waals surface area contributed by atoms with Crippen molar-refractivity contribution in [3.8, 4) is 0 Å². The number of hydrogen-bond donors (Lipinski definition) is 0. The highest BCUT2D eigenvalue weighted by Gasteiger charge is 2.69. The van der Waals surface area contributed by atoms with Gasteiger partial charge in [-0.25, -0.2) is 0 Å². The number of esters is 1. The summed E-state index contributed by atoms with van der Waals surface area (Å²) >= 11 is 0. The molecule has 3 aliphatic rings. The fourth-order valence-corrected chi connectivity index (χ4v) is 4.64. The van der Waals surface area contributed by atoms with Gasteiger partial charge < -0.3 is 4.74 Å². The molecule has 1 heterocycles. The van der Waals surface area contributed by atoms with Gasteiger partial charge in [-0.05, 0) is 36.0 Å². The Morgan fingerprint density at radius 3 is 2.80 bits per heavy atom. The van der Waals surface area contributed by atoms with Crippen molar-refractivity contribution in [3.05, 3.63) is 0 Å². The highest BCUT2D eigenvalue weighted by molar-refractivity contribution is 5.77. The normalized spacial score (nSPS) is 52.4. The van der Waals surface area contributed by atoms with Gasteiger partial charge in [0.25, 0.3) is 0 Å². The highest BCUT2D eigenvalue weighted by atomic mass is 16.5. The molecule has 0 radical (unpaired) electrons. The minimum Gasteiger partial charge on any atom is -0.465 e. The Morgan fingerprint density at radius 2 is 2.13 bits per heavy atom. The van der Waals surface area contributed by atoms with Crippen molar-refractivity contribution in [3.63, 3.8) is 0 Å². The zero-order valence-corrected chi connectivity index (χ0v) is 9.88. The van der Waals surface area contributed by atoms with Gasteiger partial charge in [-0.15, -0.1) is 0 Å². The van der Waals surface area contributed by atoms with Crippen LogP contribution in [0.2, 0.25) is 0 Å². The van der Waals surface area contributed by atoms with Crippen molar-refractivity contribution >= 4 is 5.97 Å². The fourth-order valence-electron chi connectivity index (χ4n) is 4.64. The van der Waals surface area contributed by atoms with Crippen molar-refractivity contribution in [2.75, 3.05) is 6.61 Å². The first-order chi connectivity index (χ1) is 7.00. The smallest absolute Gasteiger partial charge is 0.309 e. The molecule has 0 spiro atoms. The van der Waals surface area contributed by atoms with Gasteiger partial charge in [0.2, 0.25) is 0 Å². The van der Waals surface area contributed by atoms with E-state index in [1.807, 2.05) is 0 Å². The topological polar surface area (TPSA) is 26.3 Å². The van der Waals surface area contributed by atoms with Crippen LogP contribution in [0.25, 0.3) is 0 Å². The first kappa shape index (κ1) is 9.68. The molecule has 2 aliphatic carbocycles. The minimum absolute atomic E-state index is 0.0946. The predicted octanol–water partition coefficient (Wildman–Crippen LogP) is 2.62. The average Bonchev–Trinajstić information content (AvgIpc) is 2.75. The Morgan fingerprint density at radius 1 is 1.40 bits per heavy atom. The molecule has 1 aliphatic heterocycles. The molecule has 2 heteroatoms. The molecule has 3 rings (SSSR count). The van der Waals surface area contributed by atoms with E-state index in [1.54, 1.807) is 0 Å². The predicted molar refractivity (Wildman–Crippen MR) is 57.2 cm³/mol. The van der Waals surface area contributed by atoms with Gasteiger partial charge in [0, 0.05) is 5.92 Å². The lowest BCUT2D eigenvalue weighted by atomic mass is 9.64. The Bertz CT molecular complexity index is 322. The maximum Gasteiger partial charge on any atom is 0.309 e. The van der Waals surface area contributed by atoms with Crippen molar-refractivity contribution in [2.45, 2.75) is 40.0 Å². The van der Waals surface area contributed by atoms with Gasteiger partial charge in [0.15, 0.2) is 0 Å². The minimum atomic E-state index is 0.0946. The van der Waals surface area contributed by atoms with Crippen LogP contribution in [0.5, 0.6) is 0 Å². The molecule has 2 bridgehead atoms. The Labute approximate surface area is 91.4 Å². The van der Waals surface area contributed by atoms with Gasteiger partial charge in [0.05, 0.1) is 12.5 Å². The van der Waals surface area contributed by atoms with Crippen molar-refractivity contribution in [1.82, 2.24) is 0 Å². The summed E-state index contributed by atoms with van der Waals surface area (Å²) in [6.07, 6.45) is 3.78. The first-order valence-corrected chi connectivity index (χ1v) is 6.16. The Kier molecular flexibility index (Phi) is 1.67. The largest absolute Gasteiger partial charge is 0.465 e. The van der Waals surface area contributed by atoms with E-state index in [2.05, 4.69) is 20.8 Å². The number of hydrogen-bond acceptors (Lipinski definition) is 2. The summed E-state index contributed by atoms with van der Waals surface area (Å²) in [4.78, 5) is 11.9. The third kappa shape index (κ3) is 0.938. The second-order valence-corrected chi connectivity index (χ2v) is 6.43. The molecule has 0 aromatic carbocycles. The summed E-state index contributed by atoms with van der Waals surface area (Å²) in [6, 6.07) is 0. The average molecular weight is 208 g/mol. The summed E-state index contributed by atoms with van der Waals surface area (Å²) in [6.45, 7) is 7.61. The molecular formula is C13H20O2. The molecule has 4 unspecified atom stereocenters. The zero-order chi connectivity index (χ0) is 10.8. The molecule has 0 N–H and O–H groups in total. The van der Waals surface area contributed by atoms with E-state index < -0.39 is 0 Å². The monoisotopic (exact) mass is 208 g/mol. The van der Waals surface area contributed by atoms with E-state index in [9.17, 15) is 4.79 Å².